The van der Waals surface area contributed by atoms with Crippen molar-refractivity contribution in [3.8, 4) is 11.4 Å². The molecule has 1 aromatic carbocycles. The second-order valence-electron chi connectivity index (χ2n) is 3.94. The molecule has 84 valence electrons. The molecule has 0 aliphatic rings. The molecule has 4 nitrogen and oxygen atoms in total. The Hall–Kier alpha value is -1.84. The van der Waals surface area contributed by atoms with Crippen LogP contribution in [0.1, 0.15) is 25.7 Å². The third-order valence-corrected chi connectivity index (χ3v) is 2.35. The lowest BCUT2D eigenvalue weighted by atomic mass is 10.2. The number of rotatable bonds is 3. The van der Waals surface area contributed by atoms with Crippen LogP contribution in [0.2, 0.25) is 0 Å². The van der Waals surface area contributed by atoms with Crippen molar-refractivity contribution < 1.29 is 4.52 Å². The summed E-state index contributed by atoms with van der Waals surface area (Å²) in [6.45, 7) is 4.06. The molecule has 16 heavy (non-hydrogen) atoms. The van der Waals surface area contributed by atoms with Crippen molar-refractivity contribution >= 4 is 5.69 Å². The van der Waals surface area contributed by atoms with Gasteiger partial charge in [-0.15, -0.1) is 0 Å². The second-order valence-corrected chi connectivity index (χ2v) is 3.94. The number of anilines is 1. The van der Waals surface area contributed by atoms with Crippen molar-refractivity contribution in [1.29, 1.82) is 0 Å². The summed E-state index contributed by atoms with van der Waals surface area (Å²) >= 11 is 0. The molecule has 0 radical (unpaired) electrons. The van der Waals surface area contributed by atoms with Crippen LogP contribution < -0.4 is 5.32 Å². The van der Waals surface area contributed by atoms with Gasteiger partial charge >= 0.3 is 0 Å². The van der Waals surface area contributed by atoms with E-state index >= 15 is 0 Å². The predicted molar refractivity (Wildman–Crippen MR) is 63.4 cm³/mol. The lowest BCUT2D eigenvalue weighted by Gasteiger charge is -2.00. The lowest BCUT2D eigenvalue weighted by molar-refractivity contribution is 0.365. The highest BCUT2D eigenvalue weighted by Crippen LogP contribution is 2.21. The highest BCUT2D eigenvalue weighted by molar-refractivity contribution is 5.61. The van der Waals surface area contributed by atoms with Gasteiger partial charge in [0, 0.05) is 24.2 Å². The fourth-order valence-electron chi connectivity index (χ4n) is 1.40. The normalized spacial score (nSPS) is 10.8. The van der Waals surface area contributed by atoms with Crippen LogP contribution in [-0.4, -0.2) is 17.2 Å². The summed E-state index contributed by atoms with van der Waals surface area (Å²) in [7, 11) is 1.88. The Balaban J connectivity index is 2.34. The fourth-order valence-corrected chi connectivity index (χ4v) is 1.40. The van der Waals surface area contributed by atoms with E-state index in [1.165, 1.54) is 0 Å². The van der Waals surface area contributed by atoms with Gasteiger partial charge in [0.25, 0.3) is 0 Å². The van der Waals surface area contributed by atoms with Crippen molar-refractivity contribution in [1.82, 2.24) is 10.1 Å². The van der Waals surface area contributed by atoms with Crippen LogP contribution >= 0.6 is 0 Å². The SMILES string of the molecule is CNc1cccc(-c2noc(C(C)C)n2)c1. The van der Waals surface area contributed by atoms with E-state index in [1.807, 2.05) is 45.2 Å². The average Bonchev–Trinajstić information content (AvgIpc) is 2.78. The number of hydrogen-bond acceptors (Lipinski definition) is 4. The zero-order valence-corrected chi connectivity index (χ0v) is 9.69. The maximum absolute atomic E-state index is 5.17. The fraction of sp³-hybridized carbons (Fsp3) is 0.333. The van der Waals surface area contributed by atoms with E-state index in [2.05, 4.69) is 15.5 Å². The van der Waals surface area contributed by atoms with Gasteiger partial charge in [0.2, 0.25) is 11.7 Å². The molecule has 1 aromatic heterocycles. The number of benzene rings is 1. The van der Waals surface area contributed by atoms with Crippen molar-refractivity contribution in [3.05, 3.63) is 30.2 Å². The molecule has 0 unspecified atom stereocenters. The topological polar surface area (TPSA) is 51.0 Å². The molecule has 0 saturated heterocycles. The molecule has 0 bridgehead atoms. The van der Waals surface area contributed by atoms with Crippen LogP contribution in [0, 0.1) is 0 Å². The minimum atomic E-state index is 0.258. The van der Waals surface area contributed by atoms with Gasteiger partial charge < -0.3 is 9.84 Å². The van der Waals surface area contributed by atoms with Gasteiger partial charge in [-0.3, -0.25) is 0 Å². The number of hydrogen-bond donors (Lipinski definition) is 1. The first kappa shape index (κ1) is 10.7. The summed E-state index contributed by atoms with van der Waals surface area (Å²) in [5.41, 5.74) is 2.00. The van der Waals surface area contributed by atoms with E-state index in [1.54, 1.807) is 0 Å². The van der Waals surface area contributed by atoms with E-state index in [-0.39, 0.29) is 5.92 Å². The van der Waals surface area contributed by atoms with Crippen LogP contribution in [0.5, 0.6) is 0 Å². The molecule has 0 fully saturated rings. The smallest absolute Gasteiger partial charge is 0.229 e. The largest absolute Gasteiger partial charge is 0.388 e. The highest BCUT2D eigenvalue weighted by Gasteiger charge is 2.11. The van der Waals surface area contributed by atoms with Crippen molar-refractivity contribution in [3.63, 3.8) is 0 Å². The molecule has 0 spiro atoms. The molecule has 2 aromatic rings. The van der Waals surface area contributed by atoms with Gasteiger partial charge in [-0.05, 0) is 12.1 Å². The monoisotopic (exact) mass is 217 g/mol. The zero-order valence-electron chi connectivity index (χ0n) is 9.69. The molecule has 4 heteroatoms. The molecule has 0 aliphatic carbocycles. The lowest BCUT2D eigenvalue weighted by Crippen LogP contribution is -1.89. The molecule has 0 aliphatic heterocycles. The molecular formula is C12H15N3O. The van der Waals surface area contributed by atoms with Gasteiger partial charge in [-0.1, -0.05) is 31.1 Å². The molecule has 0 atom stereocenters. The number of aromatic nitrogens is 2. The summed E-state index contributed by atoms with van der Waals surface area (Å²) in [5.74, 6) is 1.57. The predicted octanol–water partition coefficient (Wildman–Crippen LogP) is 2.90. The van der Waals surface area contributed by atoms with Crippen molar-refractivity contribution in [2.75, 3.05) is 12.4 Å². The van der Waals surface area contributed by atoms with Crippen LogP contribution in [-0.2, 0) is 0 Å². The van der Waals surface area contributed by atoms with Crippen molar-refractivity contribution in [2.45, 2.75) is 19.8 Å². The first-order chi connectivity index (χ1) is 7.70. The molecule has 0 amide bonds. The Kier molecular flexibility index (Phi) is 2.90. The highest BCUT2D eigenvalue weighted by atomic mass is 16.5. The van der Waals surface area contributed by atoms with E-state index in [0.717, 1.165) is 11.3 Å². The zero-order chi connectivity index (χ0) is 11.5. The molecule has 1 heterocycles. The molecule has 2 rings (SSSR count). The van der Waals surface area contributed by atoms with E-state index in [9.17, 15) is 0 Å². The van der Waals surface area contributed by atoms with E-state index in [0.29, 0.717) is 11.7 Å². The Morgan fingerprint density at radius 1 is 1.31 bits per heavy atom. The first-order valence-corrected chi connectivity index (χ1v) is 5.32. The maximum atomic E-state index is 5.17. The molecular weight excluding hydrogens is 202 g/mol. The summed E-state index contributed by atoms with van der Waals surface area (Å²) in [6.07, 6.45) is 0. The second kappa shape index (κ2) is 4.35. The third-order valence-electron chi connectivity index (χ3n) is 2.35. The molecule has 1 N–H and O–H groups in total. The Morgan fingerprint density at radius 3 is 2.75 bits per heavy atom. The van der Waals surface area contributed by atoms with Crippen LogP contribution in [0.3, 0.4) is 0 Å². The third kappa shape index (κ3) is 2.05. The minimum absolute atomic E-state index is 0.258. The van der Waals surface area contributed by atoms with Gasteiger partial charge in [-0.2, -0.15) is 4.98 Å². The number of nitrogens with one attached hydrogen (secondary N) is 1. The molecule has 0 saturated carbocycles. The number of nitrogens with zero attached hydrogens (tertiary/aromatic N) is 2. The van der Waals surface area contributed by atoms with Gasteiger partial charge in [0.15, 0.2) is 0 Å². The quantitative estimate of drug-likeness (QED) is 0.858. The van der Waals surface area contributed by atoms with E-state index < -0.39 is 0 Å². The maximum Gasteiger partial charge on any atom is 0.229 e. The average molecular weight is 217 g/mol. The van der Waals surface area contributed by atoms with Gasteiger partial charge in [-0.25, -0.2) is 0 Å². The Labute approximate surface area is 94.7 Å². The van der Waals surface area contributed by atoms with Crippen molar-refractivity contribution in [2.24, 2.45) is 0 Å². The van der Waals surface area contributed by atoms with E-state index in [4.69, 9.17) is 4.52 Å². The first-order valence-electron chi connectivity index (χ1n) is 5.32. The summed E-state index contributed by atoms with van der Waals surface area (Å²) < 4.78 is 5.17. The van der Waals surface area contributed by atoms with Gasteiger partial charge in [0.05, 0.1) is 0 Å². The van der Waals surface area contributed by atoms with Crippen LogP contribution in [0.4, 0.5) is 5.69 Å². The Bertz CT molecular complexity index is 477. The van der Waals surface area contributed by atoms with Gasteiger partial charge in [0.1, 0.15) is 0 Å². The minimum Gasteiger partial charge on any atom is -0.388 e. The summed E-state index contributed by atoms with van der Waals surface area (Å²) in [4.78, 5) is 4.35. The summed E-state index contributed by atoms with van der Waals surface area (Å²) in [6, 6.07) is 7.92. The Morgan fingerprint density at radius 2 is 2.12 bits per heavy atom. The summed E-state index contributed by atoms with van der Waals surface area (Å²) in [5, 5.41) is 7.05. The standard InChI is InChI=1S/C12H15N3O/c1-8(2)12-14-11(15-16-12)9-5-4-6-10(7-9)13-3/h4-8,13H,1-3H3. The van der Waals surface area contributed by atoms with Crippen LogP contribution in [0.25, 0.3) is 11.4 Å². The van der Waals surface area contributed by atoms with Crippen LogP contribution in [0.15, 0.2) is 28.8 Å².